The van der Waals surface area contributed by atoms with E-state index in [1.807, 2.05) is 55.5 Å². The van der Waals surface area contributed by atoms with Crippen LogP contribution in [0.25, 0.3) is 10.6 Å². The third-order valence-electron chi connectivity index (χ3n) is 3.45. The van der Waals surface area contributed by atoms with Crippen molar-refractivity contribution in [2.45, 2.75) is 13.5 Å². The van der Waals surface area contributed by atoms with Crippen LogP contribution in [0.5, 0.6) is 11.5 Å². The van der Waals surface area contributed by atoms with Crippen LogP contribution < -0.4 is 9.47 Å². The molecule has 0 fully saturated rings. The molecule has 0 bridgehead atoms. The number of aromatic carboxylic acids is 1. The summed E-state index contributed by atoms with van der Waals surface area (Å²) in [5.74, 6) is 0.225. The fourth-order valence-electron chi connectivity index (χ4n) is 2.27. The van der Waals surface area contributed by atoms with E-state index in [0.717, 1.165) is 11.1 Å². The second-order valence-corrected chi connectivity index (χ2v) is 6.07. The molecule has 0 aliphatic heterocycles. The van der Waals surface area contributed by atoms with Crippen LogP contribution in [0.4, 0.5) is 0 Å². The number of hydrogen-bond acceptors (Lipinski definition) is 5. The molecule has 0 unspecified atom stereocenters. The maximum atomic E-state index is 11.0. The van der Waals surface area contributed by atoms with Gasteiger partial charge in [0.25, 0.3) is 0 Å². The Labute approximate surface area is 149 Å². The Balaban J connectivity index is 1.83. The van der Waals surface area contributed by atoms with Crippen molar-refractivity contribution in [3.8, 4) is 22.1 Å². The van der Waals surface area contributed by atoms with E-state index >= 15 is 0 Å². The Bertz CT molecular complexity index is 861. The molecule has 128 valence electrons. The minimum absolute atomic E-state index is 0.0439. The predicted octanol–water partition coefficient (Wildman–Crippen LogP) is 4.49. The van der Waals surface area contributed by atoms with Crippen LogP contribution in [0.1, 0.15) is 23.0 Å². The lowest BCUT2D eigenvalue weighted by molar-refractivity contribution is 0.0691. The number of carboxylic acid groups (broad SMARTS) is 1. The molecule has 0 amide bonds. The molecule has 25 heavy (non-hydrogen) atoms. The minimum Gasteiger partial charge on any atom is -0.490 e. The molecular weight excluding hydrogens is 338 g/mol. The number of ether oxygens (including phenoxy) is 2. The van der Waals surface area contributed by atoms with Crippen molar-refractivity contribution in [1.29, 1.82) is 0 Å². The minimum atomic E-state index is -1.03. The summed E-state index contributed by atoms with van der Waals surface area (Å²) in [7, 11) is 0. The number of rotatable bonds is 7. The second kappa shape index (κ2) is 7.81. The molecule has 1 aromatic heterocycles. The Kier molecular flexibility index (Phi) is 5.30. The van der Waals surface area contributed by atoms with Crippen molar-refractivity contribution in [3.63, 3.8) is 0 Å². The summed E-state index contributed by atoms with van der Waals surface area (Å²) in [6.45, 7) is 2.85. The van der Waals surface area contributed by atoms with Gasteiger partial charge in [-0.3, -0.25) is 0 Å². The monoisotopic (exact) mass is 355 g/mol. The zero-order chi connectivity index (χ0) is 17.6. The molecule has 0 saturated heterocycles. The molecule has 1 N–H and O–H groups in total. The van der Waals surface area contributed by atoms with Gasteiger partial charge in [-0.1, -0.05) is 30.3 Å². The Hall–Kier alpha value is -2.86. The van der Waals surface area contributed by atoms with Crippen molar-refractivity contribution in [2.24, 2.45) is 0 Å². The van der Waals surface area contributed by atoms with Crippen LogP contribution >= 0.6 is 11.3 Å². The van der Waals surface area contributed by atoms with E-state index < -0.39 is 5.97 Å². The summed E-state index contributed by atoms with van der Waals surface area (Å²) in [5.41, 5.74) is 1.91. The summed E-state index contributed by atoms with van der Waals surface area (Å²) in [5, 5.41) is 11.2. The number of carboxylic acids is 1. The van der Waals surface area contributed by atoms with E-state index in [4.69, 9.17) is 14.6 Å². The number of carbonyl (C=O) groups is 1. The molecule has 5 nitrogen and oxygen atoms in total. The van der Waals surface area contributed by atoms with Crippen molar-refractivity contribution in [2.75, 3.05) is 6.61 Å². The summed E-state index contributed by atoms with van der Waals surface area (Å²) < 4.78 is 11.6. The Morgan fingerprint density at radius 3 is 2.60 bits per heavy atom. The molecule has 0 radical (unpaired) electrons. The first-order valence-corrected chi connectivity index (χ1v) is 8.68. The van der Waals surface area contributed by atoms with Crippen molar-refractivity contribution in [3.05, 3.63) is 65.2 Å². The molecule has 0 spiro atoms. The molecular formula is C19H17NO4S. The molecule has 1 heterocycles. The first-order valence-electron chi connectivity index (χ1n) is 7.80. The molecule has 3 aromatic rings. The molecule has 2 aromatic carbocycles. The van der Waals surface area contributed by atoms with Crippen LogP contribution in [0.3, 0.4) is 0 Å². The lowest BCUT2D eigenvalue weighted by Crippen LogP contribution is -2.00. The summed E-state index contributed by atoms with van der Waals surface area (Å²) >= 11 is 1.29. The van der Waals surface area contributed by atoms with E-state index in [0.29, 0.717) is 29.7 Å². The number of aromatic nitrogens is 1. The van der Waals surface area contributed by atoms with Gasteiger partial charge < -0.3 is 14.6 Å². The molecule has 3 rings (SSSR count). The van der Waals surface area contributed by atoms with Gasteiger partial charge in [0.1, 0.15) is 11.6 Å². The number of benzene rings is 2. The van der Waals surface area contributed by atoms with Gasteiger partial charge >= 0.3 is 5.97 Å². The SMILES string of the molecule is CCOc1cc(-c2nc(C(=O)O)cs2)ccc1OCc1ccccc1. The van der Waals surface area contributed by atoms with E-state index in [2.05, 4.69) is 4.98 Å². The third kappa shape index (κ3) is 4.16. The third-order valence-corrected chi connectivity index (χ3v) is 4.34. The van der Waals surface area contributed by atoms with Gasteiger partial charge in [0.05, 0.1) is 6.61 Å². The van der Waals surface area contributed by atoms with Gasteiger partial charge in [-0.05, 0) is 30.7 Å². The molecule has 0 aliphatic carbocycles. The van der Waals surface area contributed by atoms with Gasteiger partial charge in [-0.15, -0.1) is 11.3 Å². The lowest BCUT2D eigenvalue weighted by atomic mass is 10.2. The van der Waals surface area contributed by atoms with E-state index in [9.17, 15) is 4.79 Å². The first-order chi connectivity index (χ1) is 12.2. The van der Waals surface area contributed by atoms with Crippen LogP contribution in [-0.4, -0.2) is 22.7 Å². The highest BCUT2D eigenvalue weighted by molar-refractivity contribution is 7.13. The first kappa shape index (κ1) is 17.0. The Morgan fingerprint density at radius 2 is 1.92 bits per heavy atom. The zero-order valence-electron chi connectivity index (χ0n) is 13.6. The van der Waals surface area contributed by atoms with Crippen molar-refractivity contribution < 1.29 is 19.4 Å². The average Bonchev–Trinajstić information content (AvgIpc) is 3.12. The van der Waals surface area contributed by atoms with Gasteiger partial charge in [-0.25, -0.2) is 9.78 Å². The number of hydrogen-bond donors (Lipinski definition) is 1. The molecule has 0 atom stereocenters. The summed E-state index contributed by atoms with van der Waals surface area (Å²) in [6, 6.07) is 15.4. The molecule has 0 saturated carbocycles. The lowest BCUT2D eigenvalue weighted by Gasteiger charge is -2.13. The van der Waals surface area contributed by atoms with Gasteiger partial charge in [0, 0.05) is 10.9 Å². The molecule has 6 heteroatoms. The number of nitrogens with zero attached hydrogens (tertiary/aromatic N) is 1. The predicted molar refractivity (Wildman–Crippen MR) is 96.5 cm³/mol. The topological polar surface area (TPSA) is 68.7 Å². The largest absolute Gasteiger partial charge is 0.490 e. The summed E-state index contributed by atoms with van der Waals surface area (Å²) in [6.07, 6.45) is 0. The maximum absolute atomic E-state index is 11.0. The highest BCUT2D eigenvalue weighted by Crippen LogP contribution is 2.34. The van der Waals surface area contributed by atoms with Gasteiger partial charge in [0.2, 0.25) is 0 Å². The average molecular weight is 355 g/mol. The smallest absolute Gasteiger partial charge is 0.355 e. The Morgan fingerprint density at radius 1 is 1.12 bits per heavy atom. The maximum Gasteiger partial charge on any atom is 0.355 e. The van der Waals surface area contributed by atoms with Crippen molar-refractivity contribution in [1.82, 2.24) is 4.98 Å². The van der Waals surface area contributed by atoms with Gasteiger partial charge in [-0.2, -0.15) is 0 Å². The number of thiazole rings is 1. The standard InChI is InChI=1S/C19H17NO4S/c1-2-23-17-10-14(18-20-15(12-25-18)19(21)22)8-9-16(17)24-11-13-6-4-3-5-7-13/h3-10,12H,2,11H2,1H3,(H,21,22). The van der Waals surface area contributed by atoms with Crippen molar-refractivity contribution >= 4 is 17.3 Å². The van der Waals surface area contributed by atoms with Gasteiger partial charge in [0.15, 0.2) is 17.2 Å². The van der Waals surface area contributed by atoms with Crippen LogP contribution in [-0.2, 0) is 6.61 Å². The van der Waals surface area contributed by atoms with Crippen LogP contribution in [0.15, 0.2) is 53.9 Å². The molecule has 0 aliphatic rings. The highest BCUT2D eigenvalue weighted by Gasteiger charge is 2.13. The quantitative estimate of drug-likeness (QED) is 0.676. The fraction of sp³-hybridized carbons (Fsp3) is 0.158. The zero-order valence-corrected chi connectivity index (χ0v) is 14.5. The van der Waals surface area contributed by atoms with E-state index in [1.54, 1.807) is 0 Å². The van der Waals surface area contributed by atoms with Crippen LogP contribution in [0.2, 0.25) is 0 Å². The van der Waals surface area contributed by atoms with E-state index in [1.165, 1.54) is 16.7 Å². The van der Waals surface area contributed by atoms with E-state index in [-0.39, 0.29) is 5.69 Å². The second-order valence-electron chi connectivity index (χ2n) is 5.21. The summed E-state index contributed by atoms with van der Waals surface area (Å²) in [4.78, 5) is 15.1. The highest BCUT2D eigenvalue weighted by atomic mass is 32.1. The normalized spacial score (nSPS) is 10.4. The fourth-order valence-corrected chi connectivity index (χ4v) is 3.06. The van der Waals surface area contributed by atoms with Crippen LogP contribution in [0, 0.1) is 0 Å².